The molecule has 0 aliphatic rings. The molecule has 0 saturated heterocycles. The molecule has 0 fully saturated rings. The molecule has 0 heterocycles. The Bertz CT molecular complexity index is 342. The summed E-state index contributed by atoms with van der Waals surface area (Å²) in [6.07, 6.45) is 0. The minimum Gasteiger partial charge on any atom is -0.508 e. The molecule has 3 N–H and O–H groups in total. The standard InChI is InChI=1S/C12H20N2O/c1-12(2,3)14(4)8-9-7-10(13)5-6-11(9)15/h5-7,15H,8,13H2,1-4H3. The predicted octanol–water partition coefficient (Wildman–Crippen LogP) is 2.20. The number of aromatic hydroxyl groups is 1. The van der Waals surface area contributed by atoms with Gasteiger partial charge in [0.25, 0.3) is 0 Å². The number of hydrogen-bond donors (Lipinski definition) is 2. The molecule has 0 bridgehead atoms. The first-order valence-electron chi connectivity index (χ1n) is 5.09. The number of rotatable bonds is 2. The zero-order valence-corrected chi connectivity index (χ0v) is 9.91. The van der Waals surface area contributed by atoms with Crippen molar-refractivity contribution in [3.63, 3.8) is 0 Å². The third kappa shape index (κ3) is 3.13. The Morgan fingerprint density at radius 2 is 1.93 bits per heavy atom. The molecule has 3 nitrogen and oxygen atoms in total. The van der Waals surface area contributed by atoms with Crippen LogP contribution in [0.25, 0.3) is 0 Å². The van der Waals surface area contributed by atoms with Crippen molar-refractivity contribution in [3.05, 3.63) is 23.8 Å². The Morgan fingerprint density at radius 1 is 1.33 bits per heavy atom. The molecule has 0 radical (unpaired) electrons. The van der Waals surface area contributed by atoms with E-state index in [1.54, 1.807) is 12.1 Å². The Balaban J connectivity index is 2.85. The molecule has 84 valence electrons. The normalized spacial score (nSPS) is 12.1. The Labute approximate surface area is 91.5 Å². The van der Waals surface area contributed by atoms with Gasteiger partial charge in [0.15, 0.2) is 0 Å². The molecule has 0 aliphatic heterocycles. The average Bonchev–Trinajstić information content (AvgIpc) is 2.09. The van der Waals surface area contributed by atoms with Gasteiger partial charge in [-0.25, -0.2) is 0 Å². The molecular weight excluding hydrogens is 188 g/mol. The summed E-state index contributed by atoms with van der Waals surface area (Å²) in [5.74, 6) is 0.306. The lowest BCUT2D eigenvalue weighted by Crippen LogP contribution is -2.37. The van der Waals surface area contributed by atoms with Gasteiger partial charge in [-0.3, -0.25) is 4.90 Å². The fourth-order valence-electron chi connectivity index (χ4n) is 1.22. The maximum Gasteiger partial charge on any atom is 0.120 e. The van der Waals surface area contributed by atoms with Gasteiger partial charge in [0.05, 0.1) is 0 Å². The Hall–Kier alpha value is -1.22. The van der Waals surface area contributed by atoms with Gasteiger partial charge in [0, 0.05) is 23.3 Å². The van der Waals surface area contributed by atoms with Crippen molar-refractivity contribution in [1.82, 2.24) is 4.90 Å². The molecule has 3 heteroatoms. The molecule has 0 atom stereocenters. The molecular formula is C12H20N2O. The summed E-state index contributed by atoms with van der Waals surface area (Å²) in [5, 5.41) is 9.67. The van der Waals surface area contributed by atoms with Crippen LogP contribution in [0.5, 0.6) is 5.75 Å². The van der Waals surface area contributed by atoms with Gasteiger partial charge in [-0.2, -0.15) is 0 Å². The fourth-order valence-corrected chi connectivity index (χ4v) is 1.22. The second-order valence-corrected chi connectivity index (χ2v) is 4.92. The highest BCUT2D eigenvalue weighted by Crippen LogP contribution is 2.23. The van der Waals surface area contributed by atoms with E-state index in [9.17, 15) is 5.11 Å². The van der Waals surface area contributed by atoms with Crippen molar-refractivity contribution in [3.8, 4) is 5.75 Å². The van der Waals surface area contributed by atoms with Crippen molar-refractivity contribution in [2.75, 3.05) is 12.8 Å². The van der Waals surface area contributed by atoms with Gasteiger partial charge in [0.1, 0.15) is 5.75 Å². The van der Waals surface area contributed by atoms with Gasteiger partial charge < -0.3 is 10.8 Å². The van der Waals surface area contributed by atoms with Crippen LogP contribution in [-0.4, -0.2) is 22.6 Å². The maximum atomic E-state index is 9.67. The third-order valence-corrected chi connectivity index (χ3v) is 2.66. The smallest absolute Gasteiger partial charge is 0.120 e. The molecule has 0 saturated carbocycles. The first-order chi connectivity index (χ1) is 6.80. The number of benzene rings is 1. The van der Waals surface area contributed by atoms with Gasteiger partial charge in [-0.15, -0.1) is 0 Å². The van der Waals surface area contributed by atoms with Crippen LogP contribution in [0, 0.1) is 0 Å². The molecule has 0 unspecified atom stereocenters. The predicted molar refractivity (Wildman–Crippen MR) is 63.7 cm³/mol. The lowest BCUT2D eigenvalue weighted by Gasteiger charge is -2.32. The highest BCUT2D eigenvalue weighted by Gasteiger charge is 2.18. The van der Waals surface area contributed by atoms with E-state index in [2.05, 4.69) is 25.7 Å². The van der Waals surface area contributed by atoms with Crippen LogP contribution in [0.3, 0.4) is 0 Å². The van der Waals surface area contributed by atoms with Crippen molar-refractivity contribution in [1.29, 1.82) is 0 Å². The quantitative estimate of drug-likeness (QED) is 0.578. The van der Waals surface area contributed by atoms with E-state index in [0.717, 1.165) is 5.56 Å². The molecule has 0 amide bonds. The monoisotopic (exact) mass is 208 g/mol. The minimum absolute atomic E-state index is 0.0804. The van der Waals surface area contributed by atoms with E-state index < -0.39 is 0 Å². The number of hydrogen-bond acceptors (Lipinski definition) is 3. The van der Waals surface area contributed by atoms with Gasteiger partial charge in [0.2, 0.25) is 0 Å². The van der Waals surface area contributed by atoms with Crippen LogP contribution in [0.4, 0.5) is 5.69 Å². The molecule has 0 aliphatic carbocycles. The molecule has 1 rings (SSSR count). The summed E-state index contributed by atoms with van der Waals surface area (Å²) >= 11 is 0. The van der Waals surface area contributed by atoms with Gasteiger partial charge in [-0.1, -0.05) is 0 Å². The van der Waals surface area contributed by atoms with Crippen molar-refractivity contribution in [2.45, 2.75) is 32.9 Å². The summed E-state index contributed by atoms with van der Waals surface area (Å²) in [4.78, 5) is 2.17. The number of nitrogens with zero attached hydrogens (tertiary/aromatic N) is 1. The Kier molecular flexibility index (Phi) is 3.25. The summed E-state index contributed by atoms with van der Waals surface area (Å²) in [5.41, 5.74) is 7.32. The first kappa shape index (κ1) is 11.9. The molecule has 1 aromatic carbocycles. The van der Waals surface area contributed by atoms with Crippen LogP contribution in [0.15, 0.2) is 18.2 Å². The van der Waals surface area contributed by atoms with Crippen molar-refractivity contribution >= 4 is 5.69 Å². The number of phenols is 1. The van der Waals surface area contributed by atoms with Crippen molar-refractivity contribution in [2.24, 2.45) is 0 Å². The minimum atomic E-state index is 0.0804. The molecule has 0 spiro atoms. The number of nitrogens with two attached hydrogens (primary N) is 1. The van der Waals surface area contributed by atoms with Crippen LogP contribution < -0.4 is 5.73 Å². The zero-order valence-electron chi connectivity index (χ0n) is 9.91. The lowest BCUT2D eigenvalue weighted by molar-refractivity contribution is 0.166. The number of nitrogen functional groups attached to an aromatic ring is 1. The maximum absolute atomic E-state index is 9.67. The van der Waals surface area contributed by atoms with E-state index >= 15 is 0 Å². The molecule has 1 aromatic rings. The topological polar surface area (TPSA) is 49.5 Å². The fraction of sp³-hybridized carbons (Fsp3) is 0.500. The Morgan fingerprint density at radius 3 is 2.47 bits per heavy atom. The zero-order chi connectivity index (χ0) is 11.6. The van der Waals surface area contributed by atoms with E-state index in [1.807, 2.05) is 13.1 Å². The first-order valence-corrected chi connectivity index (χ1v) is 5.09. The summed E-state index contributed by atoms with van der Waals surface area (Å²) < 4.78 is 0. The largest absolute Gasteiger partial charge is 0.508 e. The van der Waals surface area contributed by atoms with Crippen LogP contribution in [-0.2, 0) is 6.54 Å². The summed E-state index contributed by atoms with van der Waals surface area (Å²) in [6.45, 7) is 7.10. The van der Waals surface area contributed by atoms with Crippen LogP contribution >= 0.6 is 0 Å². The highest BCUT2D eigenvalue weighted by molar-refractivity contribution is 5.47. The van der Waals surface area contributed by atoms with Crippen LogP contribution in [0.1, 0.15) is 26.3 Å². The third-order valence-electron chi connectivity index (χ3n) is 2.66. The SMILES string of the molecule is CN(Cc1cc(N)ccc1O)C(C)(C)C. The van der Waals surface area contributed by atoms with E-state index in [0.29, 0.717) is 18.0 Å². The molecule has 15 heavy (non-hydrogen) atoms. The van der Waals surface area contributed by atoms with E-state index in [4.69, 9.17) is 5.73 Å². The second-order valence-electron chi connectivity index (χ2n) is 4.92. The van der Waals surface area contributed by atoms with E-state index in [-0.39, 0.29) is 5.54 Å². The van der Waals surface area contributed by atoms with Crippen LogP contribution in [0.2, 0.25) is 0 Å². The average molecular weight is 208 g/mol. The summed E-state index contributed by atoms with van der Waals surface area (Å²) in [6, 6.07) is 5.16. The van der Waals surface area contributed by atoms with Gasteiger partial charge in [-0.05, 0) is 46.0 Å². The number of anilines is 1. The number of phenolic OH excluding ortho intramolecular Hbond substituents is 1. The highest BCUT2D eigenvalue weighted by atomic mass is 16.3. The van der Waals surface area contributed by atoms with E-state index in [1.165, 1.54) is 0 Å². The van der Waals surface area contributed by atoms with Gasteiger partial charge >= 0.3 is 0 Å². The second kappa shape index (κ2) is 4.11. The van der Waals surface area contributed by atoms with Crippen molar-refractivity contribution < 1.29 is 5.11 Å². The lowest BCUT2D eigenvalue weighted by atomic mass is 10.1. The summed E-state index contributed by atoms with van der Waals surface area (Å²) in [7, 11) is 2.03. The molecule has 0 aromatic heterocycles.